The van der Waals surface area contributed by atoms with E-state index in [2.05, 4.69) is 5.32 Å². The van der Waals surface area contributed by atoms with Gasteiger partial charge >= 0.3 is 5.97 Å². The highest BCUT2D eigenvalue weighted by Gasteiger charge is 2.30. The number of amides is 1. The summed E-state index contributed by atoms with van der Waals surface area (Å²) in [4.78, 5) is 22.5. The van der Waals surface area contributed by atoms with Crippen molar-refractivity contribution in [2.45, 2.75) is 51.5 Å². The number of nitrogens with one attached hydrogen (secondary N) is 1. The number of ether oxygens (including phenoxy) is 1. The first-order valence-electron chi connectivity index (χ1n) is 6.01. The molecule has 0 spiro atoms. The fourth-order valence-electron chi connectivity index (χ4n) is 1.75. The van der Waals surface area contributed by atoms with Gasteiger partial charge in [-0.15, -0.1) is 0 Å². The summed E-state index contributed by atoms with van der Waals surface area (Å²) in [5, 5.41) is 11.7. The van der Waals surface area contributed by atoms with Gasteiger partial charge in [-0.25, -0.2) is 0 Å². The molecule has 0 saturated carbocycles. The van der Waals surface area contributed by atoms with Crippen LogP contribution in [0, 0.1) is 0 Å². The van der Waals surface area contributed by atoms with Crippen LogP contribution in [0.5, 0.6) is 0 Å². The van der Waals surface area contributed by atoms with E-state index in [0.717, 1.165) is 0 Å². The summed E-state index contributed by atoms with van der Waals surface area (Å²) in [7, 11) is 1.59. The van der Waals surface area contributed by atoms with Crippen molar-refractivity contribution in [3.63, 3.8) is 0 Å². The molecule has 0 aliphatic carbocycles. The molecule has 0 aromatic heterocycles. The Balaban J connectivity index is 4.32. The quantitative estimate of drug-likeness (QED) is 0.604. The van der Waals surface area contributed by atoms with Gasteiger partial charge in [0.25, 0.3) is 0 Å². The topological polar surface area (TPSA) is 75.6 Å². The predicted octanol–water partition coefficient (Wildman–Crippen LogP) is 1.56. The lowest BCUT2D eigenvalue weighted by atomic mass is 9.88. The molecule has 0 bridgehead atoms. The van der Waals surface area contributed by atoms with Crippen LogP contribution < -0.4 is 5.32 Å². The fourth-order valence-corrected chi connectivity index (χ4v) is 1.75. The van der Waals surface area contributed by atoms with Gasteiger partial charge in [-0.05, 0) is 19.3 Å². The number of carboxylic acid groups (broad SMARTS) is 1. The number of carboxylic acids is 1. The van der Waals surface area contributed by atoms with Gasteiger partial charge in [0, 0.05) is 25.7 Å². The molecular weight excluding hydrogens is 222 g/mol. The number of hydrogen-bond acceptors (Lipinski definition) is 3. The fraction of sp³-hybridized carbons (Fsp3) is 0.833. The van der Waals surface area contributed by atoms with Crippen molar-refractivity contribution in [3.05, 3.63) is 0 Å². The predicted molar refractivity (Wildman–Crippen MR) is 64.8 cm³/mol. The van der Waals surface area contributed by atoms with Crippen LogP contribution in [0.2, 0.25) is 0 Å². The summed E-state index contributed by atoms with van der Waals surface area (Å²) in [5.74, 6) is -0.988. The molecule has 0 unspecified atom stereocenters. The maximum atomic E-state index is 11.7. The van der Waals surface area contributed by atoms with Gasteiger partial charge in [0.2, 0.25) is 5.91 Å². The highest BCUT2D eigenvalue weighted by atomic mass is 16.5. The molecule has 0 radical (unpaired) electrons. The van der Waals surface area contributed by atoms with Gasteiger partial charge < -0.3 is 15.2 Å². The number of hydrogen-bond donors (Lipinski definition) is 2. The number of carbonyl (C=O) groups is 2. The van der Waals surface area contributed by atoms with Crippen molar-refractivity contribution < 1.29 is 19.4 Å². The Morgan fingerprint density at radius 2 is 1.88 bits per heavy atom. The standard InChI is InChI=1S/C12H23NO4/c1-4-12(5-2,9-11(15)16)13-10(14)7-6-8-17-3/h4-9H2,1-3H3,(H,13,14)(H,15,16). The molecule has 0 saturated heterocycles. The second-order valence-corrected chi connectivity index (χ2v) is 4.20. The third-order valence-electron chi connectivity index (χ3n) is 3.00. The monoisotopic (exact) mass is 245 g/mol. The van der Waals surface area contributed by atoms with E-state index in [4.69, 9.17) is 9.84 Å². The second kappa shape index (κ2) is 8.06. The Hall–Kier alpha value is -1.10. The first-order valence-corrected chi connectivity index (χ1v) is 6.01. The summed E-state index contributed by atoms with van der Waals surface area (Å²) >= 11 is 0. The van der Waals surface area contributed by atoms with Gasteiger partial charge in [-0.2, -0.15) is 0 Å². The van der Waals surface area contributed by atoms with Crippen molar-refractivity contribution in [3.8, 4) is 0 Å². The van der Waals surface area contributed by atoms with E-state index in [-0.39, 0.29) is 12.3 Å². The van der Waals surface area contributed by atoms with E-state index in [1.807, 2.05) is 13.8 Å². The highest BCUT2D eigenvalue weighted by Crippen LogP contribution is 2.20. The molecule has 1 amide bonds. The zero-order valence-corrected chi connectivity index (χ0v) is 10.9. The van der Waals surface area contributed by atoms with Crippen molar-refractivity contribution in [1.29, 1.82) is 0 Å². The van der Waals surface area contributed by atoms with E-state index in [9.17, 15) is 9.59 Å². The second-order valence-electron chi connectivity index (χ2n) is 4.20. The average Bonchev–Trinajstić information content (AvgIpc) is 2.27. The highest BCUT2D eigenvalue weighted by molar-refractivity contribution is 5.78. The van der Waals surface area contributed by atoms with Crippen LogP contribution in [0.25, 0.3) is 0 Å². The molecule has 0 aromatic rings. The number of methoxy groups -OCH3 is 1. The Morgan fingerprint density at radius 3 is 2.29 bits per heavy atom. The summed E-state index contributed by atoms with van der Waals surface area (Å²) in [6.45, 7) is 4.32. The molecule has 0 atom stereocenters. The molecule has 0 aromatic carbocycles. The number of aliphatic carboxylic acids is 1. The number of carbonyl (C=O) groups excluding carboxylic acids is 1. The minimum absolute atomic E-state index is 0.0317. The minimum Gasteiger partial charge on any atom is -0.481 e. The summed E-state index contributed by atoms with van der Waals surface area (Å²) in [6, 6.07) is 0. The van der Waals surface area contributed by atoms with Gasteiger partial charge in [-0.3, -0.25) is 9.59 Å². The molecule has 5 heteroatoms. The summed E-state index contributed by atoms with van der Waals surface area (Å²) < 4.78 is 4.87. The maximum Gasteiger partial charge on any atom is 0.305 e. The van der Waals surface area contributed by atoms with Crippen LogP contribution in [-0.4, -0.2) is 36.2 Å². The van der Waals surface area contributed by atoms with Crippen LogP contribution in [0.4, 0.5) is 0 Å². The van der Waals surface area contributed by atoms with Gasteiger partial charge in [0.05, 0.1) is 6.42 Å². The molecular formula is C12H23NO4. The maximum absolute atomic E-state index is 11.7. The Morgan fingerprint density at radius 1 is 1.29 bits per heavy atom. The van der Waals surface area contributed by atoms with E-state index >= 15 is 0 Å². The Bertz CT molecular complexity index is 249. The van der Waals surface area contributed by atoms with Crippen LogP contribution in [0.15, 0.2) is 0 Å². The zero-order valence-electron chi connectivity index (χ0n) is 10.9. The third-order valence-corrected chi connectivity index (χ3v) is 3.00. The molecule has 17 heavy (non-hydrogen) atoms. The first kappa shape index (κ1) is 15.9. The van der Waals surface area contributed by atoms with E-state index in [0.29, 0.717) is 32.3 Å². The average molecular weight is 245 g/mol. The third kappa shape index (κ3) is 6.26. The van der Waals surface area contributed by atoms with Gasteiger partial charge in [-0.1, -0.05) is 13.8 Å². The normalized spacial score (nSPS) is 11.2. The van der Waals surface area contributed by atoms with E-state index < -0.39 is 11.5 Å². The molecule has 0 rings (SSSR count). The molecule has 2 N–H and O–H groups in total. The zero-order chi connectivity index (χ0) is 13.3. The molecule has 5 nitrogen and oxygen atoms in total. The minimum atomic E-state index is -0.883. The smallest absolute Gasteiger partial charge is 0.305 e. The molecule has 0 aliphatic heterocycles. The van der Waals surface area contributed by atoms with Crippen molar-refractivity contribution in [1.82, 2.24) is 5.32 Å². The van der Waals surface area contributed by atoms with Crippen LogP contribution in [0.3, 0.4) is 0 Å². The van der Waals surface area contributed by atoms with Gasteiger partial charge in [0.1, 0.15) is 0 Å². The summed E-state index contributed by atoms with van der Waals surface area (Å²) in [6.07, 6.45) is 2.22. The molecule has 0 fully saturated rings. The first-order chi connectivity index (χ1) is 7.99. The Labute approximate surface area is 103 Å². The largest absolute Gasteiger partial charge is 0.481 e. The van der Waals surface area contributed by atoms with Crippen molar-refractivity contribution in [2.24, 2.45) is 0 Å². The lowest BCUT2D eigenvalue weighted by molar-refractivity contribution is -0.139. The summed E-state index contributed by atoms with van der Waals surface area (Å²) in [5.41, 5.74) is -0.615. The van der Waals surface area contributed by atoms with E-state index in [1.54, 1.807) is 7.11 Å². The lowest BCUT2D eigenvalue weighted by Gasteiger charge is -2.31. The van der Waals surface area contributed by atoms with Crippen molar-refractivity contribution in [2.75, 3.05) is 13.7 Å². The lowest BCUT2D eigenvalue weighted by Crippen LogP contribution is -2.49. The molecule has 0 heterocycles. The van der Waals surface area contributed by atoms with E-state index in [1.165, 1.54) is 0 Å². The van der Waals surface area contributed by atoms with Crippen LogP contribution in [0.1, 0.15) is 46.0 Å². The SMILES string of the molecule is CCC(CC)(CC(=O)O)NC(=O)CCCOC. The van der Waals surface area contributed by atoms with Crippen LogP contribution in [-0.2, 0) is 14.3 Å². The van der Waals surface area contributed by atoms with Crippen molar-refractivity contribution >= 4 is 11.9 Å². The van der Waals surface area contributed by atoms with Crippen LogP contribution >= 0.6 is 0 Å². The molecule has 100 valence electrons. The van der Waals surface area contributed by atoms with Gasteiger partial charge in [0.15, 0.2) is 0 Å². The number of rotatable bonds is 9. The molecule has 0 aliphatic rings. The Kier molecular flexibility index (Phi) is 7.54.